The number of piperidine rings is 1. The Bertz CT molecular complexity index is 866. The van der Waals surface area contributed by atoms with Gasteiger partial charge in [-0.15, -0.1) is 0 Å². The Labute approximate surface area is 143 Å². The SMILES string of the molecule is O=C(Cn1cnc2ccc(F)cc2c1=O)N1CCC2(CC1)OCCO2. The summed E-state index contributed by atoms with van der Waals surface area (Å²) >= 11 is 0. The van der Waals surface area contributed by atoms with Gasteiger partial charge < -0.3 is 14.4 Å². The van der Waals surface area contributed by atoms with Crippen LogP contribution < -0.4 is 5.56 Å². The van der Waals surface area contributed by atoms with E-state index in [0.29, 0.717) is 44.7 Å². The lowest BCUT2D eigenvalue weighted by molar-refractivity contribution is -0.187. The lowest BCUT2D eigenvalue weighted by Crippen LogP contribution is -2.48. The molecule has 2 aliphatic heterocycles. The molecule has 1 aromatic carbocycles. The van der Waals surface area contributed by atoms with Crippen molar-refractivity contribution < 1.29 is 18.7 Å². The van der Waals surface area contributed by atoms with Crippen LogP contribution in [0.25, 0.3) is 10.9 Å². The molecule has 1 spiro atoms. The number of ether oxygens (including phenoxy) is 2. The summed E-state index contributed by atoms with van der Waals surface area (Å²) in [5, 5.41) is 0.167. The molecule has 2 aliphatic rings. The van der Waals surface area contributed by atoms with E-state index in [4.69, 9.17) is 9.47 Å². The van der Waals surface area contributed by atoms with Crippen LogP contribution in [-0.4, -0.2) is 52.4 Å². The van der Waals surface area contributed by atoms with Crippen molar-refractivity contribution in [2.24, 2.45) is 0 Å². The highest BCUT2D eigenvalue weighted by Crippen LogP contribution is 2.31. The normalized spacial score (nSPS) is 19.6. The molecule has 0 atom stereocenters. The van der Waals surface area contributed by atoms with E-state index in [9.17, 15) is 14.0 Å². The molecule has 2 saturated heterocycles. The smallest absolute Gasteiger partial charge is 0.261 e. The van der Waals surface area contributed by atoms with E-state index in [-0.39, 0.29) is 17.8 Å². The van der Waals surface area contributed by atoms with Crippen LogP contribution >= 0.6 is 0 Å². The Morgan fingerprint density at radius 2 is 1.96 bits per heavy atom. The van der Waals surface area contributed by atoms with Crippen molar-refractivity contribution in [1.82, 2.24) is 14.5 Å². The molecule has 0 saturated carbocycles. The molecule has 2 aromatic rings. The van der Waals surface area contributed by atoms with Crippen LogP contribution in [0.15, 0.2) is 29.3 Å². The van der Waals surface area contributed by atoms with Crippen molar-refractivity contribution in [2.75, 3.05) is 26.3 Å². The van der Waals surface area contributed by atoms with E-state index in [2.05, 4.69) is 4.98 Å². The van der Waals surface area contributed by atoms with Gasteiger partial charge in [0.1, 0.15) is 12.4 Å². The fourth-order valence-electron chi connectivity index (χ4n) is 3.37. The maximum Gasteiger partial charge on any atom is 0.261 e. The average molecular weight is 347 g/mol. The number of hydrogen-bond donors (Lipinski definition) is 0. The minimum Gasteiger partial charge on any atom is -0.347 e. The van der Waals surface area contributed by atoms with Crippen molar-refractivity contribution in [3.05, 3.63) is 40.7 Å². The third-order valence-corrected chi connectivity index (χ3v) is 4.78. The molecular weight excluding hydrogens is 329 g/mol. The first kappa shape index (κ1) is 16.2. The standard InChI is InChI=1S/C17H18FN3O4/c18-12-1-2-14-13(9-12)16(23)21(11-19-14)10-15(22)20-5-3-17(4-6-20)24-7-8-25-17/h1-2,9,11H,3-8,10H2. The molecule has 7 nitrogen and oxygen atoms in total. The monoisotopic (exact) mass is 347 g/mol. The Kier molecular flexibility index (Phi) is 4.01. The second-order valence-corrected chi connectivity index (χ2v) is 6.33. The number of rotatable bonds is 2. The summed E-state index contributed by atoms with van der Waals surface area (Å²) in [5.41, 5.74) is -0.0145. The van der Waals surface area contributed by atoms with Gasteiger partial charge in [0.2, 0.25) is 5.91 Å². The van der Waals surface area contributed by atoms with Crippen molar-refractivity contribution >= 4 is 16.8 Å². The lowest BCUT2D eigenvalue weighted by Gasteiger charge is -2.37. The average Bonchev–Trinajstić information content (AvgIpc) is 3.06. The summed E-state index contributed by atoms with van der Waals surface area (Å²) in [4.78, 5) is 30.8. The number of carbonyl (C=O) groups excluding carboxylic acids is 1. The minimum atomic E-state index is -0.546. The number of hydrogen-bond acceptors (Lipinski definition) is 5. The first-order chi connectivity index (χ1) is 12.1. The van der Waals surface area contributed by atoms with E-state index in [0.717, 1.165) is 6.07 Å². The molecule has 0 radical (unpaired) electrons. The summed E-state index contributed by atoms with van der Waals surface area (Å²) in [7, 11) is 0. The zero-order valence-electron chi connectivity index (χ0n) is 13.6. The highest BCUT2D eigenvalue weighted by Gasteiger charge is 2.40. The number of aromatic nitrogens is 2. The molecule has 2 fully saturated rings. The summed E-state index contributed by atoms with van der Waals surface area (Å²) in [6, 6.07) is 3.84. The molecule has 25 heavy (non-hydrogen) atoms. The van der Waals surface area contributed by atoms with E-state index in [1.54, 1.807) is 4.90 Å². The molecule has 8 heteroatoms. The fraction of sp³-hybridized carbons (Fsp3) is 0.471. The molecule has 3 heterocycles. The molecule has 0 N–H and O–H groups in total. The maximum absolute atomic E-state index is 13.4. The molecule has 0 aliphatic carbocycles. The molecule has 0 unspecified atom stereocenters. The largest absolute Gasteiger partial charge is 0.347 e. The predicted octanol–water partition coefficient (Wildman–Crippen LogP) is 0.901. The Morgan fingerprint density at radius 1 is 1.24 bits per heavy atom. The summed E-state index contributed by atoms with van der Waals surface area (Å²) in [5.74, 6) is -1.23. The number of amides is 1. The molecule has 1 amide bonds. The highest BCUT2D eigenvalue weighted by molar-refractivity contribution is 5.79. The van der Waals surface area contributed by atoms with Crippen molar-refractivity contribution in [3.8, 4) is 0 Å². The lowest BCUT2D eigenvalue weighted by atomic mass is 10.0. The van der Waals surface area contributed by atoms with Crippen LogP contribution in [0.1, 0.15) is 12.8 Å². The number of halogens is 1. The molecular formula is C17H18FN3O4. The van der Waals surface area contributed by atoms with Gasteiger partial charge in [0.25, 0.3) is 5.56 Å². The van der Waals surface area contributed by atoms with Gasteiger partial charge in [-0.05, 0) is 18.2 Å². The van der Waals surface area contributed by atoms with E-state index < -0.39 is 17.2 Å². The summed E-state index contributed by atoms with van der Waals surface area (Å²) in [6.45, 7) is 2.09. The Balaban J connectivity index is 1.49. The highest BCUT2D eigenvalue weighted by atomic mass is 19.1. The van der Waals surface area contributed by atoms with Gasteiger partial charge in [-0.3, -0.25) is 14.2 Å². The van der Waals surface area contributed by atoms with Crippen molar-refractivity contribution in [3.63, 3.8) is 0 Å². The number of nitrogens with zero attached hydrogens (tertiary/aromatic N) is 3. The molecule has 0 bridgehead atoms. The number of fused-ring (bicyclic) bond motifs is 1. The number of carbonyl (C=O) groups is 1. The topological polar surface area (TPSA) is 73.7 Å². The van der Waals surface area contributed by atoms with Crippen LogP contribution in [0.4, 0.5) is 4.39 Å². The van der Waals surface area contributed by atoms with Gasteiger partial charge in [-0.1, -0.05) is 0 Å². The third kappa shape index (κ3) is 3.03. The van der Waals surface area contributed by atoms with Gasteiger partial charge in [0.05, 0.1) is 30.4 Å². The number of benzene rings is 1. The zero-order valence-corrected chi connectivity index (χ0v) is 13.6. The summed E-state index contributed by atoms with van der Waals surface area (Å²) in [6.07, 6.45) is 2.57. The Morgan fingerprint density at radius 3 is 2.68 bits per heavy atom. The van der Waals surface area contributed by atoms with E-state index in [1.165, 1.54) is 23.0 Å². The van der Waals surface area contributed by atoms with Crippen LogP contribution in [0.3, 0.4) is 0 Å². The van der Waals surface area contributed by atoms with Crippen LogP contribution in [0, 0.1) is 5.82 Å². The van der Waals surface area contributed by atoms with Crippen LogP contribution in [0.2, 0.25) is 0 Å². The van der Waals surface area contributed by atoms with Gasteiger partial charge in [0.15, 0.2) is 5.79 Å². The van der Waals surface area contributed by atoms with Gasteiger partial charge in [-0.2, -0.15) is 0 Å². The zero-order chi connectivity index (χ0) is 17.4. The fourth-order valence-corrected chi connectivity index (χ4v) is 3.37. The molecule has 1 aromatic heterocycles. The van der Waals surface area contributed by atoms with Crippen molar-refractivity contribution in [2.45, 2.75) is 25.2 Å². The minimum absolute atomic E-state index is 0.118. The van der Waals surface area contributed by atoms with Gasteiger partial charge >= 0.3 is 0 Å². The summed E-state index contributed by atoms with van der Waals surface area (Å²) < 4.78 is 25.9. The molecule has 132 valence electrons. The second-order valence-electron chi connectivity index (χ2n) is 6.33. The first-order valence-electron chi connectivity index (χ1n) is 8.27. The quantitative estimate of drug-likeness (QED) is 0.807. The van der Waals surface area contributed by atoms with Gasteiger partial charge in [-0.25, -0.2) is 9.37 Å². The molecule has 4 rings (SSSR count). The first-order valence-corrected chi connectivity index (χ1v) is 8.27. The third-order valence-electron chi connectivity index (χ3n) is 4.78. The van der Waals surface area contributed by atoms with Crippen LogP contribution in [-0.2, 0) is 20.8 Å². The number of likely N-dealkylation sites (tertiary alicyclic amines) is 1. The van der Waals surface area contributed by atoms with Crippen LogP contribution in [0.5, 0.6) is 0 Å². The van der Waals surface area contributed by atoms with Crippen molar-refractivity contribution in [1.29, 1.82) is 0 Å². The Hall–Kier alpha value is -2.32. The van der Waals surface area contributed by atoms with Gasteiger partial charge in [0, 0.05) is 25.9 Å². The van der Waals surface area contributed by atoms with E-state index in [1.807, 2.05) is 0 Å². The predicted molar refractivity (Wildman–Crippen MR) is 86.4 cm³/mol. The second kappa shape index (κ2) is 6.20. The van der Waals surface area contributed by atoms with E-state index >= 15 is 0 Å². The maximum atomic E-state index is 13.4.